The van der Waals surface area contributed by atoms with E-state index < -0.39 is 10.0 Å². The number of fused-ring (bicyclic) bond motifs is 1. The highest BCUT2D eigenvalue weighted by molar-refractivity contribution is 9.10. The topological polar surface area (TPSA) is 54.8 Å². The molecule has 0 aliphatic carbocycles. The van der Waals surface area contributed by atoms with Gasteiger partial charge in [0.05, 0.1) is 22.9 Å². The molecule has 2 aromatic carbocycles. The van der Waals surface area contributed by atoms with Crippen LogP contribution in [-0.2, 0) is 16.6 Å². The second-order valence-electron chi connectivity index (χ2n) is 7.74. The molecular formula is C24H30BrN3O3S. The molecule has 1 aliphatic rings. The van der Waals surface area contributed by atoms with Gasteiger partial charge in [0.2, 0.25) is 10.0 Å². The van der Waals surface area contributed by atoms with Crippen molar-refractivity contribution in [2.75, 3.05) is 46.1 Å². The number of methoxy groups -OCH3 is 1. The second-order valence-corrected chi connectivity index (χ2v) is 10.5. The van der Waals surface area contributed by atoms with Crippen LogP contribution in [0.2, 0.25) is 0 Å². The van der Waals surface area contributed by atoms with Gasteiger partial charge in [0.15, 0.2) is 0 Å². The summed E-state index contributed by atoms with van der Waals surface area (Å²) in [5, 5.41) is 1.01. The van der Waals surface area contributed by atoms with Crippen LogP contribution in [0.5, 0.6) is 5.75 Å². The van der Waals surface area contributed by atoms with E-state index in [9.17, 15) is 8.42 Å². The van der Waals surface area contributed by atoms with Gasteiger partial charge in [0.1, 0.15) is 5.75 Å². The van der Waals surface area contributed by atoms with Crippen molar-refractivity contribution in [3.63, 3.8) is 0 Å². The van der Waals surface area contributed by atoms with Crippen LogP contribution in [0.1, 0.15) is 5.56 Å². The fraction of sp³-hybridized carbons (Fsp3) is 0.333. The Balaban J connectivity index is 0.000000269. The monoisotopic (exact) mass is 519 g/mol. The lowest BCUT2D eigenvalue weighted by Crippen LogP contribution is -2.43. The maximum Gasteiger partial charge on any atom is 0.242 e. The molecule has 0 atom stereocenters. The van der Waals surface area contributed by atoms with Gasteiger partial charge in [-0.15, -0.1) is 6.58 Å². The van der Waals surface area contributed by atoms with E-state index in [1.54, 1.807) is 13.3 Å². The Hall–Kier alpha value is -2.13. The predicted octanol–water partition coefficient (Wildman–Crippen LogP) is 4.21. The summed E-state index contributed by atoms with van der Waals surface area (Å²) in [6.45, 7) is 8.63. The average Bonchev–Trinajstić information content (AvgIpc) is 3.22. The van der Waals surface area contributed by atoms with Crippen molar-refractivity contribution >= 4 is 36.9 Å². The quantitative estimate of drug-likeness (QED) is 0.456. The maximum atomic E-state index is 12.3. The van der Waals surface area contributed by atoms with E-state index in [1.165, 1.54) is 15.6 Å². The van der Waals surface area contributed by atoms with Crippen LogP contribution in [0.3, 0.4) is 0 Å². The van der Waals surface area contributed by atoms with Crippen LogP contribution in [0, 0.1) is 0 Å². The summed E-state index contributed by atoms with van der Waals surface area (Å²) in [5.74, 6) is 0.817. The molecule has 2 heterocycles. The molecular weight excluding hydrogens is 490 g/mol. The fourth-order valence-electron chi connectivity index (χ4n) is 3.67. The van der Waals surface area contributed by atoms with Gasteiger partial charge in [-0.3, -0.25) is 4.90 Å². The van der Waals surface area contributed by atoms with Gasteiger partial charge in [-0.25, -0.2) is 12.4 Å². The Kier molecular flexibility index (Phi) is 8.53. The molecule has 1 aliphatic heterocycles. The minimum Gasteiger partial charge on any atom is -0.496 e. The number of nitrogens with zero attached hydrogens (tertiary/aromatic N) is 3. The molecule has 1 fully saturated rings. The fourth-order valence-corrected chi connectivity index (χ4v) is 5.28. The molecule has 0 unspecified atom stereocenters. The number of ether oxygens (including phenoxy) is 1. The van der Waals surface area contributed by atoms with Crippen LogP contribution in [0.15, 0.2) is 71.9 Å². The largest absolute Gasteiger partial charge is 0.496 e. The van der Waals surface area contributed by atoms with Gasteiger partial charge < -0.3 is 9.64 Å². The lowest BCUT2D eigenvalue weighted by atomic mass is 10.1. The highest BCUT2D eigenvalue weighted by Gasteiger charge is 2.18. The van der Waals surface area contributed by atoms with Crippen molar-refractivity contribution in [3.05, 3.63) is 77.4 Å². The van der Waals surface area contributed by atoms with E-state index in [1.807, 2.05) is 42.5 Å². The summed E-state index contributed by atoms with van der Waals surface area (Å²) in [5.41, 5.74) is 1.93. The summed E-state index contributed by atoms with van der Waals surface area (Å²) in [6, 6.07) is 15.5. The third-order valence-electron chi connectivity index (χ3n) is 5.46. The number of hydrogen-bond donors (Lipinski definition) is 0. The number of para-hydroxylation sites is 1. The number of aromatic nitrogens is 1. The molecule has 1 aromatic heterocycles. The van der Waals surface area contributed by atoms with Crippen LogP contribution in [0.25, 0.3) is 10.9 Å². The molecule has 4 rings (SSSR count). The number of benzene rings is 2. The van der Waals surface area contributed by atoms with Gasteiger partial charge in [-0.2, -0.15) is 0 Å². The lowest BCUT2D eigenvalue weighted by Gasteiger charge is -2.32. The molecule has 0 saturated carbocycles. The molecule has 0 radical (unpaired) electrons. The van der Waals surface area contributed by atoms with E-state index in [0.717, 1.165) is 53.8 Å². The van der Waals surface area contributed by atoms with Crippen molar-refractivity contribution in [1.29, 1.82) is 0 Å². The van der Waals surface area contributed by atoms with Crippen LogP contribution >= 0.6 is 15.9 Å². The first-order valence-corrected chi connectivity index (χ1v) is 12.9. The van der Waals surface area contributed by atoms with E-state index in [2.05, 4.69) is 45.4 Å². The summed E-state index contributed by atoms with van der Waals surface area (Å²) in [7, 11) is 0.422. The minimum atomic E-state index is -3.37. The predicted molar refractivity (Wildman–Crippen MR) is 135 cm³/mol. The first-order valence-electron chi connectivity index (χ1n) is 10.5. The summed E-state index contributed by atoms with van der Waals surface area (Å²) >= 11 is 3.33. The van der Waals surface area contributed by atoms with Crippen molar-refractivity contribution in [1.82, 2.24) is 13.8 Å². The highest BCUT2D eigenvalue weighted by Crippen LogP contribution is 2.24. The molecule has 8 heteroatoms. The first-order chi connectivity index (χ1) is 15.4. The van der Waals surface area contributed by atoms with Gasteiger partial charge in [-0.1, -0.05) is 30.3 Å². The summed E-state index contributed by atoms with van der Waals surface area (Å²) in [6.07, 6.45) is 3.08. The maximum absolute atomic E-state index is 12.3. The van der Waals surface area contributed by atoms with Crippen molar-refractivity contribution in [2.24, 2.45) is 0 Å². The third-order valence-corrected chi connectivity index (χ3v) is 7.69. The van der Waals surface area contributed by atoms with Crippen molar-refractivity contribution in [3.8, 4) is 5.75 Å². The van der Waals surface area contributed by atoms with Crippen LogP contribution in [0.4, 0.5) is 0 Å². The Morgan fingerprint density at radius 1 is 1.06 bits per heavy atom. The van der Waals surface area contributed by atoms with Crippen molar-refractivity contribution in [2.45, 2.75) is 6.54 Å². The Morgan fingerprint density at radius 2 is 1.78 bits per heavy atom. The van der Waals surface area contributed by atoms with E-state index in [4.69, 9.17) is 4.74 Å². The Labute approximate surface area is 199 Å². The standard InChI is InChI=1S/C17H23N3O2S.C7H7BrO/c1-3-13-23(21,22)20-8-7-16-15(5-4-6-17(16)20)14-19-11-9-18(2)10-12-19;1-9-7-5-3-2-4-6(7)8/h3-8H,1,9-14H2,2H3;2-5H,1H3. The third kappa shape index (κ3) is 6.01. The molecule has 0 N–H and O–H groups in total. The minimum absolute atomic E-state index is 0.0561. The number of hydrogen-bond acceptors (Lipinski definition) is 5. The number of rotatable bonds is 6. The van der Waals surface area contributed by atoms with Gasteiger partial charge >= 0.3 is 0 Å². The second kappa shape index (κ2) is 11.1. The summed E-state index contributed by atoms with van der Waals surface area (Å²) in [4.78, 5) is 4.75. The summed E-state index contributed by atoms with van der Waals surface area (Å²) < 4.78 is 32.0. The Bertz CT molecular complexity index is 1150. The molecule has 0 bridgehead atoms. The zero-order valence-corrected chi connectivity index (χ0v) is 21.0. The SMILES string of the molecule is C=CCS(=O)(=O)n1ccc2c(CN3CCN(C)CC3)cccc21.COc1ccccc1Br. The van der Waals surface area contributed by atoms with Gasteiger partial charge in [0, 0.05) is 44.3 Å². The molecule has 1 saturated heterocycles. The van der Waals surface area contributed by atoms with E-state index >= 15 is 0 Å². The van der Waals surface area contributed by atoms with Crippen LogP contribution in [-0.4, -0.2) is 68.3 Å². The number of likely N-dealkylation sites (N-methyl/N-ethyl adjacent to an activating group) is 1. The van der Waals surface area contributed by atoms with Crippen molar-refractivity contribution < 1.29 is 13.2 Å². The zero-order valence-electron chi connectivity index (χ0n) is 18.6. The lowest BCUT2D eigenvalue weighted by molar-refractivity contribution is 0.148. The molecule has 6 nitrogen and oxygen atoms in total. The van der Waals surface area contributed by atoms with Crippen LogP contribution < -0.4 is 4.74 Å². The normalized spacial score (nSPS) is 15.2. The van der Waals surface area contributed by atoms with E-state index in [-0.39, 0.29) is 5.75 Å². The van der Waals surface area contributed by atoms with Gasteiger partial charge in [0.25, 0.3) is 0 Å². The number of piperazine rings is 1. The van der Waals surface area contributed by atoms with E-state index in [0.29, 0.717) is 0 Å². The Morgan fingerprint density at radius 3 is 2.41 bits per heavy atom. The molecule has 172 valence electrons. The molecule has 0 spiro atoms. The first kappa shape index (κ1) is 24.5. The van der Waals surface area contributed by atoms with Gasteiger partial charge in [-0.05, 0) is 52.8 Å². The zero-order chi connectivity index (χ0) is 23.1. The average molecular weight is 520 g/mol. The smallest absolute Gasteiger partial charge is 0.242 e. The number of halogens is 1. The molecule has 0 amide bonds. The molecule has 3 aromatic rings. The molecule has 32 heavy (non-hydrogen) atoms. The highest BCUT2D eigenvalue weighted by atomic mass is 79.9.